The minimum atomic E-state index is -3.96. The fourth-order valence-corrected chi connectivity index (χ4v) is 3.46. The smallest absolute Gasteiger partial charge is 0.243 e. The van der Waals surface area contributed by atoms with Crippen molar-refractivity contribution < 1.29 is 17.6 Å². The lowest BCUT2D eigenvalue weighted by Crippen LogP contribution is -2.38. The number of rotatable bonds is 6. The van der Waals surface area contributed by atoms with E-state index in [0.717, 1.165) is 9.87 Å². The van der Waals surface area contributed by atoms with Gasteiger partial charge in [0.05, 0.1) is 11.4 Å². The second-order valence-corrected chi connectivity index (χ2v) is 7.08. The molecule has 0 aliphatic rings. The van der Waals surface area contributed by atoms with Gasteiger partial charge in [-0.05, 0) is 25.1 Å². The van der Waals surface area contributed by atoms with E-state index in [-0.39, 0.29) is 17.0 Å². The quantitative estimate of drug-likeness (QED) is 0.873. The molecule has 0 heterocycles. The van der Waals surface area contributed by atoms with Crippen LogP contribution in [0.4, 0.5) is 4.39 Å². The number of aryl methyl sites for hydroxylation is 1. The third-order valence-electron chi connectivity index (χ3n) is 3.30. The number of hydrogen-bond acceptors (Lipinski definition) is 3. The summed E-state index contributed by atoms with van der Waals surface area (Å²) in [7, 11) is -3.96. The Hall–Kier alpha value is -2.25. The Labute approximate surface area is 134 Å². The van der Waals surface area contributed by atoms with Crippen LogP contribution in [0.1, 0.15) is 11.1 Å². The first-order valence-electron chi connectivity index (χ1n) is 6.89. The zero-order chi connectivity index (χ0) is 17.0. The van der Waals surface area contributed by atoms with Crippen LogP contribution in [0.2, 0.25) is 0 Å². The van der Waals surface area contributed by atoms with Crippen LogP contribution < -0.4 is 5.73 Å². The van der Waals surface area contributed by atoms with Crippen molar-refractivity contribution in [2.24, 2.45) is 5.73 Å². The van der Waals surface area contributed by atoms with Crippen molar-refractivity contribution in [3.63, 3.8) is 0 Å². The Morgan fingerprint density at radius 2 is 1.74 bits per heavy atom. The number of halogens is 1. The molecule has 0 unspecified atom stereocenters. The molecule has 2 N–H and O–H groups in total. The highest BCUT2D eigenvalue weighted by Gasteiger charge is 2.26. The van der Waals surface area contributed by atoms with E-state index in [2.05, 4.69) is 0 Å². The first kappa shape index (κ1) is 17.1. The van der Waals surface area contributed by atoms with Gasteiger partial charge < -0.3 is 5.73 Å². The lowest BCUT2D eigenvalue weighted by Gasteiger charge is -2.21. The standard InChI is InChI=1S/C16H17FN2O3S/c1-12-6-8-14(9-7-12)23(21,22)19(11-16(18)20)10-13-4-2-3-5-15(13)17/h2-9H,10-11H2,1H3,(H2,18,20). The molecule has 0 aliphatic carbocycles. The average molecular weight is 336 g/mol. The average Bonchev–Trinajstić information content (AvgIpc) is 2.48. The summed E-state index contributed by atoms with van der Waals surface area (Å²) in [5.41, 5.74) is 6.22. The van der Waals surface area contributed by atoms with Crippen molar-refractivity contribution in [3.05, 3.63) is 65.5 Å². The largest absolute Gasteiger partial charge is 0.369 e. The summed E-state index contributed by atoms with van der Waals surface area (Å²) < 4.78 is 40.0. The van der Waals surface area contributed by atoms with E-state index in [1.807, 2.05) is 6.92 Å². The predicted molar refractivity (Wildman–Crippen MR) is 84.4 cm³/mol. The molecular weight excluding hydrogens is 319 g/mol. The summed E-state index contributed by atoms with van der Waals surface area (Å²) in [5, 5.41) is 0. The first-order chi connectivity index (χ1) is 10.8. The summed E-state index contributed by atoms with van der Waals surface area (Å²) in [4.78, 5) is 11.3. The Balaban J connectivity index is 2.39. The Morgan fingerprint density at radius 3 is 2.30 bits per heavy atom. The highest BCUT2D eigenvalue weighted by Crippen LogP contribution is 2.20. The molecule has 2 aromatic carbocycles. The van der Waals surface area contributed by atoms with Gasteiger partial charge in [0, 0.05) is 12.1 Å². The zero-order valence-corrected chi connectivity index (χ0v) is 13.4. The van der Waals surface area contributed by atoms with Gasteiger partial charge in [-0.15, -0.1) is 0 Å². The number of benzene rings is 2. The highest BCUT2D eigenvalue weighted by molar-refractivity contribution is 7.89. The van der Waals surface area contributed by atoms with E-state index in [9.17, 15) is 17.6 Å². The molecule has 1 amide bonds. The molecule has 0 atom stereocenters. The second kappa shape index (κ2) is 6.89. The number of hydrogen-bond donors (Lipinski definition) is 1. The van der Waals surface area contributed by atoms with Crippen LogP contribution in [0.5, 0.6) is 0 Å². The van der Waals surface area contributed by atoms with E-state index in [4.69, 9.17) is 5.73 Å². The Bertz CT molecular complexity index is 804. The Kier molecular flexibility index (Phi) is 5.12. The molecule has 0 bridgehead atoms. The number of primary amides is 1. The third kappa shape index (κ3) is 4.14. The van der Waals surface area contributed by atoms with Gasteiger partial charge in [-0.25, -0.2) is 12.8 Å². The van der Waals surface area contributed by atoms with E-state index in [1.165, 1.54) is 30.3 Å². The summed E-state index contributed by atoms with van der Waals surface area (Å²) in [5.74, 6) is -1.35. The molecule has 0 saturated heterocycles. The normalized spacial score (nSPS) is 11.6. The van der Waals surface area contributed by atoms with E-state index in [0.29, 0.717) is 0 Å². The van der Waals surface area contributed by atoms with Crippen LogP contribution >= 0.6 is 0 Å². The molecule has 0 aliphatic heterocycles. The SMILES string of the molecule is Cc1ccc(S(=O)(=O)N(CC(N)=O)Cc2ccccc2F)cc1. The molecular formula is C16H17FN2O3S. The first-order valence-corrected chi connectivity index (χ1v) is 8.33. The van der Waals surface area contributed by atoms with E-state index < -0.39 is 28.3 Å². The van der Waals surface area contributed by atoms with Crippen LogP contribution in [0.3, 0.4) is 0 Å². The molecule has 0 aromatic heterocycles. The topological polar surface area (TPSA) is 80.5 Å². The molecule has 23 heavy (non-hydrogen) atoms. The van der Waals surface area contributed by atoms with Crippen LogP contribution in [0.25, 0.3) is 0 Å². The second-order valence-electron chi connectivity index (χ2n) is 5.14. The number of amides is 1. The molecule has 2 aromatic rings. The molecule has 5 nitrogen and oxygen atoms in total. The summed E-state index contributed by atoms with van der Waals surface area (Å²) in [6, 6.07) is 12.0. The van der Waals surface area contributed by atoms with Gasteiger partial charge in [-0.2, -0.15) is 4.31 Å². The number of nitrogens with two attached hydrogens (primary N) is 1. The maximum Gasteiger partial charge on any atom is 0.243 e. The minimum absolute atomic E-state index is 0.0284. The van der Waals surface area contributed by atoms with E-state index >= 15 is 0 Å². The van der Waals surface area contributed by atoms with Gasteiger partial charge in [0.1, 0.15) is 5.82 Å². The number of carbonyl (C=O) groups is 1. The van der Waals surface area contributed by atoms with Crippen LogP contribution in [0, 0.1) is 12.7 Å². The van der Waals surface area contributed by atoms with Crippen molar-refractivity contribution in [2.45, 2.75) is 18.4 Å². The molecule has 0 spiro atoms. The van der Waals surface area contributed by atoms with Crippen molar-refractivity contribution in [1.29, 1.82) is 0 Å². The van der Waals surface area contributed by atoms with Crippen LogP contribution in [-0.4, -0.2) is 25.2 Å². The predicted octanol–water partition coefficient (Wildman–Crippen LogP) is 1.81. The number of nitrogens with zero attached hydrogens (tertiary/aromatic N) is 1. The van der Waals surface area contributed by atoms with Gasteiger partial charge in [-0.1, -0.05) is 35.9 Å². The fourth-order valence-electron chi connectivity index (χ4n) is 2.08. The van der Waals surface area contributed by atoms with Crippen LogP contribution in [0.15, 0.2) is 53.4 Å². The monoisotopic (exact) mass is 336 g/mol. The third-order valence-corrected chi connectivity index (χ3v) is 5.10. The maximum atomic E-state index is 13.8. The highest BCUT2D eigenvalue weighted by atomic mass is 32.2. The van der Waals surface area contributed by atoms with E-state index in [1.54, 1.807) is 18.2 Å². The lowest BCUT2D eigenvalue weighted by atomic mass is 10.2. The van der Waals surface area contributed by atoms with Crippen LogP contribution in [-0.2, 0) is 21.4 Å². The van der Waals surface area contributed by atoms with Gasteiger partial charge in [0.2, 0.25) is 15.9 Å². The summed E-state index contributed by atoms with van der Waals surface area (Å²) in [6.07, 6.45) is 0. The molecule has 0 radical (unpaired) electrons. The van der Waals surface area contributed by atoms with Gasteiger partial charge >= 0.3 is 0 Å². The molecule has 2 rings (SSSR count). The van der Waals surface area contributed by atoms with Crippen molar-refractivity contribution in [1.82, 2.24) is 4.31 Å². The fraction of sp³-hybridized carbons (Fsp3) is 0.188. The minimum Gasteiger partial charge on any atom is -0.369 e. The molecule has 0 saturated carbocycles. The number of sulfonamides is 1. The van der Waals surface area contributed by atoms with Crippen molar-refractivity contribution >= 4 is 15.9 Å². The molecule has 122 valence electrons. The van der Waals surface area contributed by atoms with Gasteiger partial charge in [-0.3, -0.25) is 4.79 Å². The van der Waals surface area contributed by atoms with Crippen molar-refractivity contribution in [3.8, 4) is 0 Å². The summed E-state index contributed by atoms with van der Waals surface area (Å²) in [6.45, 7) is 1.04. The lowest BCUT2D eigenvalue weighted by molar-refractivity contribution is -0.118. The number of carbonyl (C=O) groups excluding carboxylic acids is 1. The zero-order valence-electron chi connectivity index (χ0n) is 12.6. The van der Waals surface area contributed by atoms with Gasteiger partial charge in [0.25, 0.3) is 0 Å². The van der Waals surface area contributed by atoms with Crippen molar-refractivity contribution in [2.75, 3.05) is 6.54 Å². The molecule has 7 heteroatoms. The maximum absolute atomic E-state index is 13.8. The molecule has 0 fully saturated rings. The Morgan fingerprint density at radius 1 is 1.13 bits per heavy atom. The summed E-state index contributed by atoms with van der Waals surface area (Å²) >= 11 is 0. The van der Waals surface area contributed by atoms with Gasteiger partial charge in [0.15, 0.2) is 0 Å².